The largest absolute Gasteiger partial charge is 0.451 e. The number of unbranched alkanes of at least 4 members (excludes halogenated alkanes) is 2. The van der Waals surface area contributed by atoms with Crippen LogP contribution in [-0.4, -0.2) is 34.7 Å². The molecule has 1 aromatic carbocycles. The SMILES string of the molecule is CCCCC[C@@H](C)NC(=O)COC(=O)c1n[nH]c2ccccc12. The van der Waals surface area contributed by atoms with Crippen LogP contribution in [0, 0.1) is 0 Å². The van der Waals surface area contributed by atoms with E-state index in [1.54, 1.807) is 6.07 Å². The van der Waals surface area contributed by atoms with E-state index < -0.39 is 5.97 Å². The van der Waals surface area contributed by atoms with Gasteiger partial charge in [-0.2, -0.15) is 5.10 Å². The lowest BCUT2D eigenvalue weighted by Crippen LogP contribution is -2.35. The van der Waals surface area contributed by atoms with Crippen molar-refractivity contribution in [2.75, 3.05) is 6.61 Å². The summed E-state index contributed by atoms with van der Waals surface area (Å²) in [6, 6.07) is 7.36. The van der Waals surface area contributed by atoms with Gasteiger partial charge in [0.1, 0.15) is 0 Å². The highest BCUT2D eigenvalue weighted by Gasteiger charge is 2.17. The zero-order valence-electron chi connectivity index (χ0n) is 13.6. The molecule has 6 nitrogen and oxygen atoms in total. The number of ether oxygens (including phenoxy) is 1. The number of aromatic nitrogens is 2. The van der Waals surface area contributed by atoms with Crippen molar-refractivity contribution in [3.63, 3.8) is 0 Å². The smallest absolute Gasteiger partial charge is 0.359 e. The zero-order valence-corrected chi connectivity index (χ0v) is 13.6. The van der Waals surface area contributed by atoms with Gasteiger partial charge in [-0.3, -0.25) is 9.89 Å². The van der Waals surface area contributed by atoms with E-state index in [4.69, 9.17) is 4.74 Å². The average Bonchev–Trinajstić information content (AvgIpc) is 2.97. The summed E-state index contributed by atoms with van der Waals surface area (Å²) in [4.78, 5) is 23.8. The second-order valence-corrected chi connectivity index (χ2v) is 5.66. The van der Waals surface area contributed by atoms with E-state index in [0.717, 1.165) is 31.2 Å². The number of fused-ring (bicyclic) bond motifs is 1. The van der Waals surface area contributed by atoms with Crippen LogP contribution in [0.3, 0.4) is 0 Å². The van der Waals surface area contributed by atoms with Crippen molar-refractivity contribution in [1.29, 1.82) is 0 Å². The Labute approximate surface area is 135 Å². The first-order valence-electron chi connectivity index (χ1n) is 8.01. The van der Waals surface area contributed by atoms with Crippen LogP contribution in [0.5, 0.6) is 0 Å². The molecule has 0 spiro atoms. The van der Waals surface area contributed by atoms with Crippen LogP contribution in [-0.2, 0) is 9.53 Å². The predicted molar refractivity (Wildman–Crippen MR) is 88.1 cm³/mol. The zero-order chi connectivity index (χ0) is 16.7. The van der Waals surface area contributed by atoms with Crippen LogP contribution in [0.25, 0.3) is 10.9 Å². The molecule has 23 heavy (non-hydrogen) atoms. The number of H-pyrrole nitrogens is 1. The molecule has 2 rings (SSSR count). The van der Waals surface area contributed by atoms with Gasteiger partial charge in [0.2, 0.25) is 0 Å². The third-order valence-corrected chi connectivity index (χ3v) is 3.65. The lowest BCUT2D eigenvalue weighted by Gasteiger charge is -2.13. The van der Waals surface area contributed by atoms with Gasteiger partial charge in [-0.05, 0) is 19.4 Å². The summed E-state index contributed by atoms with van der Waals surface area (Å²) in [5.41, 5.74) is 0.956. The van der Waals surface area contributed by atoms with Crippen molar-refractivity contribution in [3.8, 4) is 0 Å². The molecule has 124 valence electrons. The van der Waals surface area contributed by atoms with Crippen molar-refractivity contribution < 1.29 is 14.3 Å². The first-order valence-corrected chi connectivity index (χ1v) is 8.01. The first kappa shape index (κ1) is 17.0. The summed E-state index contributed by atoms with van der Waals surface area (Å²) in [6.45, 7) is 3.80. The van der Waals surface area contributed by atoms with Gasteiger partial charge in [0.15, 0.2) is 12.3 Å². The monoisotopic (exact) mass is 317 g/mol. The number of esters is 1. The lowest BCUT2D eigenvalue weighted by atomic mass is 10.1. The van der Waals surface area contributed by atoms with E-state index in [1.807, 2.05) is 25.1 Å². The number of nitrogens with one attached hydrogen (secondary N) is 2. The molecule has 0 fully saturated rings. The minimum atomic E-state index is -0.601. The molecule has 2 N–H and O–H groups in total. The molecule has 0 saturated carbocycles. The molecule has 2 aromatic rings. The standard InChI is InChI=1S/C17H23N3O3/c1-3-4-5-8-12(2)18-15(21)11-23-17(22)16-13-9-6-7-10-14(13)19-20-16/h6-7,9-10,12H,3-5,8,11H2,1-2H3,(H,18,21)(H,19,20)/t12-/m1/s1. The van der Waals surface area contributed by atoms with Gasteiger partial charge < -0.3 is 10.1 Å². The molecule has 6 heteroatoms. The van der Waals surface area contributed by atoms with Crippen LogP contribution >= 0.6 is 0 Å². The van der Waals surface area contributed by atoms with Crippen LogP contribution < -0.4 is 5.32 Å². The molecule has 1 aromatic heterocycles. The average molecular weight is 317 g/mol. The molecule has 0 unspecified atom stereocenters. The van der Waals surface area contributed by atoms with Crippen molar-refractivity contribution in [1.82, 2.24) is 15.5 Å². The molecule has 0 aliphatic rings. The maximum atomic E-state index is 12.0. The third kappa shape index (κ3) is 4.81. The Hall–Kier alpha value is -2.37. The van der Waals surface area contributed by atoms with Gasteiger partial charge in [0.25, 0.3) is 5.91 Å². The highest BCUT2D eigenvalue weighted by atomic mass is 16.5. The van der Waals surface area contributed by atoms with Crippen molar-refractivity contribution in [2.45, 2.75) is 45.6 Å². The van der Waals surface area contributed by atoms with Gasteiger partial charge in [-0.1, -0.05) is 44.4 Å². The van der Waals surface area contributed by atoms with Crippen LogP contribution in [0.4, 0.5) is 0 Å². The Morgan fingerprint density at radius 2 is 2.09 bits per heavy atom. The molecule has 1 amide bonds. The quantitative estimate of drug-likeness (QED) is 0.579. The first-order chi connectivity index (χ1) is 11.1. The molecule has 0 bridgehead atoms. The van der Waals surface area contributed by atoms with Gasteiger partial charge in [0, 0.05) is 11.4 Å². The Morgan fingerprint density at radius 1 is 1.30 bits per heavy atom. The van der Waals surface area contributed by atoms with Crippen molar-refractivity contribution >= 4 is 22.8 Å². The fraction of sp³-hybridized carbons (Fsp3) is 0.471. The Kier molecular flexibility index (Phi) is 6.14. The molecule has 0 aliphatic carbocycles. The van der Waals surface area contributed by atoms with Gasteiger partial charge >= 0.3 is 5.97 Å². The molecule has 1 heterocycles. The summed E-state index contributed by atoms with van der Waals surface area (Å²) in [5.74, 6) is -0.890. The minimum absolute atomic E-state index is 0.0824. The number of nitrogens with zero attached hydrogens (tertiary/aromatic N) is 1. The van der Waals surface area contributed by atoms with Crippen LogP contribution in [0.2, 0.25) is 0 Å². The van der Waals surface area contributed by atoms with Crippen molar-refractivity contribution in [2.24, 2.45) is 0 Å². The fourth-order valence-electron chi connectivity index (χ4n) is 2.41. The minimum Gasteiger partial charge on any atom is -0.451 e. The maximum Gasteiger partial charge on any atom is 0.359 e. The number of para-hydroxylation sites is 1. The van der Waals surface area contributed by atoms with E-state index in [1.165, 1.54) is 0 Å². The predicted octanol–water partition coefficient (Wildman–Crippen LogP) is 2.80. The number of rotatable bonds is 8. The maximum absolute atomic E-state index is 12.0. The van der Waals surface area contributed by atoms with Gasteiger partial charge in [-0.15, -0.1) is 0 Å². The summed E-state index contributed by atoms with van der Waals surface area (Å²) < 4.78 is 5.05. The summed E-state index contributed by atoms with van der Waals surface area (Å²) in [6.07, 6.45) is 4.31. The topological polar surface area (TPSA) is 84.1 Å². The molecule has 0 saturated heterocycles. The van der Waals surface area contributed by atoms with Gasteiger partial charge in [-0.25, -0.2) is 4.79 Å². The molecule has 1 atom stereocenters. The molecular weight excluding hydrogens is 294 g/mol. The fourth-order valence-corrected chi connectivity index (χ4v) is 2.41. The number of carbonyl (C=O) groups excluding carboxylic acids is 2. The summed E-state index contributed by atoms with van der Waals surface area (Å²) >= 11 is 0. The van der Waals surface area contributed by atoms with E-state index in [-0.39, 0.29) is 24.2 Å². The van der Waals surface area contributed by atoms with E-state index >= 15 is 0 Å². The number of amides is 1. The molecular formula is C17H23N3O3. The normalized spacial score (nSPS) is 12.1. The molecule has 0 radical (unpaired) electrons. The van der Waals surface area contributed by atoms with Crippen LogP contribution in [0.1, 0.15) is 50.0 Å². The Bertz CT molecular complexity index is 666. The van der Waals surface area contributed by atoms with Crippen LogP contribution in [0.15, 0.2) is 24.3 Å². The van der Waals surface area contributed by atoms with E-state index in [9.17, 15) is 9.59 Å². The number of carbonyl (C=O) groups is 2. The number of hydrogen-bond acceptors (Lipinski definition) is 4. The third-order valence-electron chi connectivity index (χ3n) is 3.65. The lowest BCUT2D eigenvalue weighted by molar-refractivity contribution is -0.124. The number of benzene rings is 1. The highest BCUT2D eigenvalue weighted by molar-refractivity contribution is 6.02. The second-order valence-electron chi connectivity index (χ2n) is 5.66. The number of aromatic amines is 1. The molecule has 0 aliphatic heterocycles. The van der Waals surface area contributed by atoms with E-state index in [0.29, 0.717) is 5.39 Å². The summed E-state index contributed by atoms with van der Waals surface area (Å²) in [5, 5.41) is 10.2. The van der Waals surface area contributed by atoms with Gasteiger partial charge in [0.05, 0.1) is 5.52 Å². The Balaban J connectivity index is 1.81. The Morgan fingerprint density at radius 3 is 2.87 bits per heavy atom. The highest BCUT2D eigenvalue weighted by Crippen LogP contribution is 2.15. The van der Waals surface area contributed by atoms with Crippen molar-refractivity contribution in [3.05, 3.63) is 30.0 Å². The number of hydrogen-bond donors (Lipinski definition) is 2. The second kappa shape index (κ2) is 8.31. The van der Waals surface area contributed by atoms with E-state index in [2.05, 4.69) is 22.4 Å². The summed E-state index contributed by atoms with van der Waals surface area (Å²) in [7, 11) is 0.